The summed E-state index contributed by atoms with van der Waals surface area (Å²) < 4.78 is 0. The molecule has 1 aliphatic carbocycles. The van der Waals surface area contributed by atoms with Gasteiger partial charge in [-0.3, -0.25) is 4.79 Å². The van der Waals surface area contributed by atoms with Crippen molar-refractivity contribution in [1.82, 2.24) is 5.32 Å². The molecule has 0 heterocycles. The van der Waals surface area contributed by atoms with Crippen LogP contribution in [0.2, 0.25) is 0 Å². The van der Waals surface area contributed by atoms with Crippen LogP contribution >= 0.6 is 0 Å². The molecule has 16 heavy (non-hydrogen) atoms. The molecule has 2 unspecified atom stereocenters. The highest BCUT2D eigenvalue weighted by molar-refractivity contribution is 5.94. The van der Waals surface area contributed by atoms with Gasteiger partial charge in [-0.2, -0.15) is 0 Å². The van der Waals surface area contributed by atoms with Gasteiger partial charge < -0.3 is 10.4 Å². The maximum Gasteiger partial charge on any atom is 0.251 e. The van der Waals surface area contributed by atoms with Gasteiger partial charge in [0.15, 0.2) is 0 Å². The summed E-state index contributed by atoms with van der Waals surface area (Å²) in [5, 5.41) is 11.9. The summed E-state index contributed by atoms with van der Waals surface area (Å²) in [5.74, 6) is 0.120. The van der Waals surface area contributed by atoms with Gasteiger partial charge in [0, 0.05) is 24.1 Å². The van der Waals surface area contributed by atoms with Gasteiger partial charge in [-0.1, -0.05) is 30.4 Å². The maximum absolute atomic E-state index is 11.8. The number of rotatable bonds is 3. The Balaban J connectivity index is 1.92. The first-order chi connectivity index (χ1) is 7.79. The van der Waals surface area contributed by atoms with Crippen molar-refractivity contribution in [3.8, 4) is 0 Å². The Morgan fingerprint density at radius 1 is 1.31 bits per heavy atom. The SMILES string of the molecule is O=C(NC1C=CC(CO)C1)c1ccccc1. The van der Waals surface area contributed by atoms with Crippen LogP contribution in [0.25, 0.3) is 0 Å². The molecule has 1 aliphatic rings. The van der Waals surface area contributed by atoms with Crippen LogP contribution in [0, 0.1) is 5.92 Å². The number of carbonyl (C=O) groups excluding carboxylic acids is 1. The lowest BCUT2D eigenvalue weighted by Crippen LogP contribution is -2.32. The quantitative estimate of drug-likeness (QED) is 0.751. The number of aliphatic hydroxyl groups excluding tert-OH is 1. The van der Waals surface area contributed by atoms with E-state index in [-0.39, 0.29) is 24.5 Å². The Morgan fingerprint density at radius 3 is 2.69 bits per heavy atom. The zero-order chi connectivity index (χ0) is 11.4. The molecule has 0 spiro atoms. The summed E-state index contributed by atoms with van der Waals surface area (Å²) in [5.41, 5.74) is 0.670. The first kappa shape index (κ1) is 10.9. The standard InChI is InChI=1S/C13H15NO2/c15-9-10-6-7-12(8-10)14-13(16)11-4-2-1-3-5-11/h1-7,10,12,15H,8-9H2,(H,14,16). The number of carbonyl (C=O) groups is 1. The third-order valence-electron chi connectivity index (χ3n) is 2.76. The summed E-state index contributed by atoms with van der Waals surface area (Å²) in [4.78, 5) is 11.8. The number of nitrogens with one attached hydrogen (secondary N) is 1. The molecule has 0 fully saturated rings. The molecule has 1 aromatic rings. The van der Waals surface area contributed by atoms with E-state index in [0.29, 0.717) is 5.56 Å². The number of hydrogen-bond acceptors (Lipinski definition) is 2. The Labute approximate surface area is 94.8 Å². The van der Waals surface area contributed by atoms with E-state index in [9.17, 15) is 4.79 Å². The fourth-order valence-electron chi connectivity index (χ4n) is 1.86. The smallest absolute Gasteiger partial charge is 0.251 e. The second-order valence-electron chi connectivity index (χ2n) is 4.01. The molecular weight excluding hydrogens is 202 g/mol. The predicted octanol–water partition coefficient (Wildman–Crippen LogP) is 1.35. The molecule has 0 saturated heterocycles. The predicted molar refractivity (Wildman–Crippen MR) is 62.0 cm³/mol. The van der Waals surface area contributed by atoms with E-state index >= 15 is 0 Å². The number of amides is 1. The zero-order valence-corrected chi connectivity index (χ0v) is 8.97. The monoisotopic (exact) mass is 217 g/mol. The van der Waals surface area contributed by atoms with E-state index in [4.69, 9.17) is 5.11 Å². The van der Waals surface area contributed by atoms with Crippen molar-refractivity contribution in [3.05, 3.63) is 48.0 Å². The highest BCUT2D eigenvalue weighted by atomic mass is 16.3. The van der Waals surface area contributed by atoms with Crippen molar-refractivity contribution < 1.29 is 9.90 Å². The fraction of sp³-hybridized carbons (Fsp3) is 0.308. The minimum atomic E-state index is -0.0613. The Kier molecular flexibility index (Phi) is 3.37. The van der Waals surface area contributed by atoms with Crippen LogP contribution in [0.15, 0.2) is 42.5 Å². The molecule has 0 aromatic heterocycles. The van der Waals surface area contributed by atoms with Crippen LogP contribution in [0.4, 0.5) is 0 Å². The molecule has 0 saturated carbocycles. The van der Waals surface area contributed by atoms with Crippen molar-refractivity contribution in [2.75, 3.05) is 6.61 Å². The summed E-state index contributed by atoms with van der Waals surface area (Å²) in [7, 11) is 0. The Morgan fingerprint density at radius 2 is 2.06 bits per heavy atom. The van der Waals surface area contributed by atoms with E-state index in [1.165, 1.54) is 0 Å². The summed E-state index contributed by atoms with van der Waals surface area (Å²) in [6.45, 7) is 0.147. The van der Waals surface area contributed by atoms with Gasteiger partial charge in [0.25, 0.3) is 5.91 Å². The molecule has 3 nitrogen and oxygen atoms in total. The normalized spacial score (nSPS) is 23.3. The van der Waals surface area contributed by atoms with Crippen LogP contribution < -0.4 is 5.32 Å². The lowest BCUT2D eigenvalue weighted by atomic mass is 10.1. The van der Waals surface area contributed by atoms with Crippen LogP contribution in [0.5, 0.6) is 0 Å². The molecule has 2 rings (SSSR count). The van der Waals surface area contributed by atoms with Gasteiger partial charge in [-0.25, -0.2) is 0 Å². The largest absolute Gasteiger partial charge is 0.396 e. The minimum absolute atomic E-state index is 0.0462. The molecule has 0 aliphatic heterocycles. The van der Waals surface area contributed by atoms with Crippen LogP contribution in [0.3, 0.4) is 0 Å². The molecule has 2 atom stereocenters. The number of benzene rings is 1. The maximum atomic E-state index is 11.8. The van der Waals surface area contributed by atoms with Crippen molar-refractivity contribution in [1.29, 1.82) is 0 Å². The van der Waals surface area contributed by atoms with Gasteiger partial charge >= 0.3 is 0 Å². The number of hydrogen-bond donors (Lipinski definition) is 2. The van der Waals surface area contributed by atoms with Gasteiger partial charge in [0.2, 0.25) is 0 Å². The average molecular weight is 217 g/mol. The topological polar surface area (TPSA) is 49.3 Å². The third kappa shape index (κ3) is 2.49. The second kappa shape index (κ2) is 4.94. The first-order valence-corrected chi connectivity index (χ1v) is 5.44. The van der Waals surface area contributed by atoms with Gasteiger partial charge in [0.05, 0.1) is 0 Å². The molecule has 0 bridgehead atoms. The molecule has 3 heteroatoms. The lowest BCUT2D eigenvalue weighted by Gasteiger charge is -2.12. The van der Waals surface area contributed by atoms with Crippen molar-refractivity contribution in [3.63, 3.8) is 0 Å². The summed E-state index contributed by atoms with van der Waals surface area (Å²) >= 11 is 0. The van der Waals surface area contributed by atoms with E-state index in [2.05, 4.69) is 5.32 Å². The third-order valence-corrected chi connectivity index (χ3v) is 2.76. The zero-order valence-electron chi connectivity index (χ0n) is 8.97. The summed E-state index contributed by atoms with van der Waals surface area (Å²) in [6.07, 6.45) is 4.69. The Hall–Kier alpha value is -1.61. The van der Waals surface area contributed by atoms with Gasteiger partial charge in [0.1, 0.15) is 0 Å². The molecule has 1 amide bonds. The van der Waals surface area contributed by atoms with Gasteiger partial charge in [-0.15, -0.1) is 0 Å². The van der Waals surface area contributed by atoms with E-state index < -0.39 is 0 Å². The molecule has 84 valence electrons. The molecule has 1 aromatic carbocycles. The average Bonchev–Trinajstić information content (AvgIpc) is 2.78. The molecule has 2 N–H and O–H groups in total. The van der Waals surface area contributed by atoms with E-state index in [1.807, 2.05) is 30.4 Å². The fourth-order valence-corrected chi connectivity index (χ4v) is 1.86. The minimum Gasteiger partial charge on any atom is -0.396 e. The van der Waals surface area contributed by atoms with E-state index in [0.717, 1.165) is 6.42 Å². The highest BCUT2D eigenvalue weighted by Gasteiger charge is 2.19. The highest BCUT2D eigenvalue weighted by Crippen LogP contribution is 2.17. The van der Waals surface area contributed by atoms with Crippen molar-refractivity contribution in [2.45, 2.75) is 12.5 Å². The van der Waals surface area contributed by atoms with Crippen LogP contribution in [-0.2, 0) is 0 Å². The lowest BCUT2D eigenvalue weighted by molar-refractivity contribution is 0.0941. The van der Waals surface area contributed by atoms with E-state index in [1.54, 1.807) is 12.1 Å². The number of aliphatic hydroxyl groups is 1. The van der Waals surface area contributed by atoms with Crippen molar-refractivity contribution in [2.24, 2.45) is 5.92 Å². The van der Waals surface area contributed by atoms with Gasteiger partial charge in [-0.05, 0) is 18.6 Å². The first-order valence-electron chi connectivity index (χ1n) is 5.44. The molecular formula is C13H15NO2. The van der Waals surface area contributed by atoms with Crippen molar-refractivity contribution >= 4 is 5.91 Å². The Bertz CT molecular complexity index is 386. The van der Waals surface area contributed by atoms with Crippen LogP contribution in [0.1, 0.15) is 16.8 Å². The van der Waals surface area contributed by atoms with Crippen LogP contribution in [-0.4, -0.2) is 23.7 Å². The second-order valence-corrected chi connectivity index (χ2v) is 4.01. The molecule has 0 radical (unpaired) electrons. The summed E-state index contributed by atoms with van der Waals surface area (Å²) in [6, 6.07) is 9.19.